The van der Waals surface area contributed by atoms with Gasteiger partial charge in [-0.2, -0.15) is 0 Å². The molecule has 10 heteroatoms. The summed E-state index contributed by atoms with van der Waals surface area (Å²) in [6, 6.07) is 1.76. The number of thiophene rings is 1. The third-order valence-corrected chi connectivity index (χ3v) is 6.00. The summed E-state index contributed by atoms with van der Waals surface area (Å²) in [6.07, 6.45) is 6.61. The number of azide groups is 1. The topological polar surface area (TPSA) is 127 Å². The van der Waals surface area contributed by atoms with Crippen LogP contribution in [0.3, 0.4) is 0 Å². The fraction of sp³-hybridized carbons (Fsp3) is 0.188. The summed E-state index contributed by atoms with van der Waals surface area (Å²) in [4.78, 5) is 20.3. The van der Waals surface area contributed by atoms with Crippen molar-refractivity contribution in [1.29, 1.82) is 0 Å². The second-order valence-electron chi connectivity index (χ2n) is 5.64. The molecule has 0 aliphatic heterocycles. The van der Waals surface area contributed by atoms with Gasteiger partial charge in [0.2, 0.25) is 0 Å². The van der Waals surface area contributed by atoms with E-state index in [4.69, 9.17) is 16.0 Å². The number of carbonyl (C=O) groups excluding carboxylic acids is 1. The van der Waals surface area contributed by atoms with Crippen molar-refractivity contribution in [2.75, 3.05) is 0 Å². The van der Waals surface area contributed by atoms with Crippen molar-refractivity contribution in [1.82, 2.24) is 9.36 Å². The quantitative estimate of drug-likeness (QED) is 0.404. The normalized spacial score (nSPS) is 12.0. The molecule has 0 spiro atoms. The molecular weight excluding hydrogens is 372 g/mol. The summed E-state index contributed by atoms with van der Waals surface area (Å²) in [7, 11) is 0. The molecule has 3 aromatic rings. The Morgan fingerprint density at radius 3 is 3.08 bits per heavy atom. The summed E-state index contributed by atoms with van der Waals surface area (Å²) < 4.78 is 10.3. The number of ether oxygens (including phenoxy) is 1. The lowest BCUT2D eigenvalue weighted by Gasteiger charge is -2.14. The van der Waals surface area contributed by atoms with Crippen molar-refractivity contribution in [2.24, 2.45) is 10.8 Å². The Morgan fingerprint density at radius 2 is 2.27 bits per heavy atom. The smallest absolute Gasteiger partial charge is 0.259 e. The second kappa shape index (κ2) is 6.75. The molecule has 0 saturated heterocycles. The highest BCUT2D eigenvalue weighted by Crippen LogP contribution is 2.49. The molecule has 0 fully saturated rings. The minimum atomic E-state index is -0.454. The van der Waals surface area contributed by atoms with E-state index in [0.717, 1.165) is 40.0 Å². The number of rotatable bonds is 5. The molecule has 0 radical (unpaired) electrons. The van der Waals surface area contributed by atoms with E-state index >= 15 is 0 Å². The van der Waals surface area contributed by atoms with E-state index in [1.54, 1.807) is 18.5 Å². The third-order valence-electron chi connectivity index (χ3n) is 4.01. The maximum atomic E-state index is 11.9. The van der Waals surface area contributed by atoms with Crippen LogP contribution in [-0.2, 0) is 19.4 Å². The zero-order valence-corrected chi connectivity index (χ0v) is 15.0. The standard InChI is InChI=1S/C16H12N6O2S2/c17-15(23)14-11-2-1-9-6-21-26-13(9)12(11)16(25-14)24-10-3-8(4-19-7-10)5-20-22-18/h3-4,6-7H,1-2,5H2,(H2,17,23). The number of aromatic nitrogens is 2. The van der Waals surface area contributed by atoms with Gasteiger partial charge in [0, 0.05) is 17.3 Å². The van der Waals surface area contributed by atoms with E-state index in [0.29, 0.717) is 15.7 Å². The fourth-order valence-electron chi connectivity index (χ4n) is 2.91. The van der Waals surface area contributed by atoms with Crippen LogP contribution >= 0.6 is 22.9 Å². The van der Waals surface area contributed by atoms with Crippen LogP contribution in [-0.4, -0.2) is 15.3 Å². The van der Waals surface area contributed by atoms with Gasteiger partial charge in [0.25, 0.3) is 5.91 Å². The first-order valence-corrected chi connectivity index (χ1v) is 9.28. The van der Waals surface area contributed by atoms with Crippen LogP contribution in [0.15, 0.2) is 29.8 Å². The summed E-state index contributed by atoms with van der Waals surface area (Å²) in [5.74, 6) is 0.0525. The Balaban J connectivity index is 1.76. The monoisotopic (exact) mass is 384 g/mol. The Morgan fingerprint density at radius 1 is 1.38 bits per heavy atom. The first-order chi connectivity index (χ1) is 12.7. The van der Waals surface area contributed by atoms with Gasteiger partial charge in [0.1, 0.15) is 5.75 Å². The van der Waals surface area contributed by atoms with Crippen molar-refractivity contribution >= 4 is 28.8 Å². The Bertz CT molecular complexity index is 1050. The fourth-order valence-corrected chi connectivity index (χ4v) is 4.92. The van der Waals surface area contributed by atoms with Gasteiger partial charge in [0.05, 0.1) is 28.1 Å². The SMILES string of the molecule is [N-]=[N+]=NCc1cncc(Oc2sc(C(N)=O)c3c2-c2sncc2CC3)c1. The largest absolute Gasteiger partial charge is 0.444 e. The Kier molecular flexibility index (Phi) is 4.29. The van der Waals surface area contributed by atoms with Crippen molar-refractivity contribution < 1.29 is 9.53 Å². The molecule has 0 unspecified atom stereocenters. The molecule has 3 aromatic heterocycles. The van der Waals surface area contributed by atoms with E-state index in [-0.39, 0.29) is 6.54 Å². The lowest BCUT2D eigenvalue weighted by molar-refractivity contribution is 0.100. The predicted molar refractivity (Wildman–Crippen MR) is 98.5 cm³/mol. The number of nitrogens with two attached hydrogens (primary N) is 1. The molecule has 2 N–H and O–H groups in total. The molecule has 26 heavy (non-hydrogen) atoms. The van der Waals surface area contributed by atoms with Crippen molar-refractivity contribution in [3.05, 3.63) is 56.7 Å². The number of carbonyl (C=O) groups is 1. The average molecular weight is 384 g/mol. The molecule has 4 rings (SSSR count). The average Bonchev–Trinajstić information content (AvgIpc) is 3.24. The van der Waals surface area contributed by atoms with Crippen LogP contribution in [0.4, 0.5) is 0 Å². The zero-order valence-electron chi connectivity index (χ0n) is 13.4. The van der Waals surface area contributed by atoms with Gasteiger partial charge in [-0.15, -0.1) is 0 Å². The number of hydrogen-bond donors (Lipinski definition) is 1. The second-order valence-corrected chi connectivity index (χ2v) is 7.42. The maximum absolute atomic E-state index is 11.9. The molecule has 0 aromatic carbocycles. The number of nitrogens with zero attached hydrogens (tertiary/aromatic N) is 5. The molecule has 0 atom stereocenters. The van der Waals surface area contributed by atoms with Gasteiger partial charge in [0.15, 0.2) is 5.06 Å². The highest BCUT2D eigenvalue weighted by Gasteiger charge is 2.30. The zero-order chi connectivity index (χ0) is 18.1. The van der Waals surface area contributed by atoms with Gasteiger partial charge < -0.3 is 10.5 Å². The van der Waals surface area contributed by atoms with Gasteiger partial charge in [-0.1, -0.05) is 16.5 Å². The number of pyridine rings is 1. The summed E-state index contributed by atoms with van der Waals surface area (Å²) in [6.45, 7) is 0.189. The molecule has 130 valence electrons. The van der Waals surface area contributed by atoms with Crippen LogP contribution < -0.4 is 10.5 Å². The van der Waals surface area contributed by atoms with Gasteiger partial charge in [-0.25, -0.2) is 4.37 Å². The maximum Gasteiger partial charge on any atom is 0.259 e. The number of hydrogen-bond acceptors (Lipinski definition) is 7. The highest BCUT2D eigenvalue weighted by atomic mass is 32.1. The number of primary amides is 1. The number of aryl methyl sites for hydroxylation is 1. The first kappa shape index (κ1) is 16.5. The molecule has 1 aliphatic rings. The van der Waals surface area contributed by atoms with Gasteiger partial charge in [-0.05, 0) is 52.7 Å². The number of fused-ring (bicyclic) bond motifs is 3. The van der Waals surface area contributed by atoms with Crippen molar-refractivity contribution in [3.63, 3.8) is 0 Å². The molecular formula is C16H12N6O2S2. The molecule has 1 aliphatic carbocycles. The van der Waals surface area contributed by atoms with E-state index in [9.17, 15) is 4.79 Å². The summed E-state index contributed by atoms with van der Waals surface area (Å²) in [5, 5.41) is 4.13. The van der Waals surface area contributed by atoms with Crippen LogP contribution in [0.25, 0.3) is 20.9 Å². The van der Waals surface area contributed by atoms with Crippen molar-refractivity contribution in [3.8, 4) is 21.3 Å². The van der Waals surface area contributed by atoms with E-state index in [2.05, 4.69) is 19.4 Å². The van der Waals surface area contributed by atoms with Gasteiger partial charge >= 0.3 is 0 Å². The predicted octanol–water partition coefficient (Wildman–Crippen LogP) is 4.07. The Labute approximate surface area is 156 Å². The molecule has 0 bridgehead atoms. The minimum Gasteiger partial charge on any atom is -0.444 e. The van der Waals surface area contributed by atoms with E-state index in [1.165, 1.54) is 22.9 Å². The van der Waals surface area contributed by atoms with Crippen LogP contribution in [0, 0.1) is 0 Å². The van der Waals surface area contributed by atoms with Crippen LogP contribution in [0.2, 0.25) is 0 Å². The van der Waals surface area contributed by atoms with Crippen LogP contribution in [0.5, 0.6) is 10.8 Å². The third kappa shape index (κ3) is 2.90. The number of amides is 1. The molecule has 3 heterocycles. The summed E-state index contributed by atoms with van der Waals surface area (Å²) in [5.41, 5.74) is 17.7. The highest BCUT2D eigenvalue weighted by molar-refractivity contribution is 7.17. The Hall–Kier alpha value is -2.94. The minimum absolute atomic E-state index is 0.189. The van der Waals surface area contributed by atoms with Gasteiger partial charge in [-0.3, -0.25) is 9.78 Å². The molecule has 8 nitrogen and oxygen atoms in total. The van der Waals surface area contributed by atoms with E-state index < -0.39 is 5.91 Å². The molecule has 1 amide bonds. The lowest BCUT2D eigenvalue weighted by atomic mass is 9.93. The van der Waals surface area contributed by atoms with Crippen LogP contribution in [0.1, 0.15) is 26.4 Å². The van der Waals surface area contributed by atoms with E-state index in [1.807, 2.05) is 6.20 Å². The molecule has 0 saturated carbocycles. The van der Waals surface area contributed by atoms with Crippen molar-refractivity contribution in [2.45, 2.75) is 19.4 Å². The first-order valence-electron chi connectivity index (χ1n) is 7.69. The lowest BCUT2D eigenvalue weighted by Crippen LogP contribution is -2.12. The summed E-state index contributed by atoms with van der Waals surface area (Å²) >= 11 is 2.63.